The predicted octanol–water partition coefficient (Wildman–Crippen LogP) is 2.21. The summed E-state index contributed by atoms with van der Waals surface area (Å²) in [5, 5.41) is 17.6. The highest BCUT2D eigenvalue weighted by atomic mass is 16.5. The SMILES string of the molecule is CCCCN.COC(=Cc1ccc(O)cc1)C(=O)O. The molecule has 0 spiro atoms. The maximum atomic E-state index is 10.6. The number of phenolic OH excluding ortho intramolecular Hbond substituents is 1. The zero-order chi connectivity index (χ0) is 14.7. The zero-order valence-electron chi connectivity index (χ0n) is 11.3. The van der Waals surface area contributed by atoms with Gasteiger partial charge in [-0.05, 0) is 36.7 Å². The third-order valence-corrected chi connectivity index (χ3v) is 2.18. The van der Waals surface area contributed by atoms with Gasteiger partial charge >= 0.3 is 5.97 Å². The van der Waals surface area contributed by atoms with Gasteiger partial charge in [0.15, 0.2) is 0 Å². The third-order valence-electron chi connectivity index (χ3n) is 2.18. The first kappa shape index (κ1) is 17.0. The molecule has 0 fully saturated rings. The van der Waals surface area contributed by atoms with Gasteiger partial charge in [-0.25, -0.2) is 4.79 Å². The van der Waals surface area contributed by atoms with E-state index in [-0.39, 0.29) is 11.5 Å². The minimum absolute atomic E-state index is 0.136. The quantitative estimate of drug-likeness (QED) is 0.562. The number of carbonyl (C=O) groups is 1. The summed E-state index contributed by atoms with van der Waals surface area (Å²) >= 11 is 0. The molecule has 0 aromatic heterocycles. The number of hydrogen-bond donors (Lipinski definition) is 3. The number of carboxylic acid groups (broad SMARTS) is 1. The van der Waals surface area contributed by atoms with Gasteiger partial charge < -0.3 is 20.7 Å². The number of aliphatic carboxylic acids is 1. The lowest BCUT2D eigenvalue weighted by molar-refractivity contribution is -0.135. The van der Waals surface area contributed by atoms with Crippen LogP contribution < -0.4 is 5.73 Å². The molecule has 0 radical (unpaired) electrons. The summed E-state index contributed by atoms with van der Waals surface area (Å²) in [4.78, 5) is 10.6. The van der Waals surface area contributed by atoms with E-state index >= 15 is 0 Å². The molecule has 0 unspecified atom stereocenters. The topological polar surface area (TPSA) is 92.8 Å². The molecule has 0 atom stereocenters. The van der Waals surface area contributed by atoms with Crippen molar-refractivity contribution in [2.45, 2.75) is 19.8 Å². The molecule has 0 bridgehead atoms. The van der Waals surface area contributed by atoms with Crippen LogP contribution in [0.2, 0.25) is 0 Å². The fourth-order valence-electron chi connectivity index (χ4n) is 1.13. The van der Waals surface area contributed by atoms with E-state index in [0.29, 0.717) is 5.56 Å². The number of ether oxygens (including phenoxy) is 1. The molecular weight excluding hydrogens is 246 g/mol. The standard InChI is InChI=1S/C10H10O4.C4H11N/c1-14-9(10(12)13)6-7-2-4-8(11)5-3-7;1-2-3-4-5/h2-6,11H,1H3,(H,12,13);2-5H2,1H3. The Labute approximate surface area is 113 Å². The molecule has 1 aromatic rings. The van der Waals surface area contributed by atoms with Crippen LogP contribution >= 0.6 is 0 Å². The lowest BCUT2D eigenvalue weighted by Crippen LogP contribution is -2.01. The van der Waals surface area contributed by atoms with E-state index in [2.05, 4.69) is 11.7 Å². The van der Waals surface area contributed by atoms with Crippen molar-refractivity contribution in [1.29, 1.82) is 0 Å². The predicted molar refractivity (Wildman–Crippen MR) is 74.7 cm³/mol. The van der Waals surface area contributed by atoms with Gasteiger partial charge in [-0.1, -0.05) is 25.5 Å². The summed E-state index contributed by atoms with van der Waals surface area (Å²) in [6, 6.07) is 6.14. The number of rotatable bonds is 5. The number of aromatic hydroxyl groups is 1. The Morgan fingerprint density at radius 1 is 1.37 bits per heavy atom. The van der Waals surface area contributed by atoms with Gasteiger partial charge in [-0.3, -0.25) is 0 Å². The largest absolute Gasteiger partial charge is 0.508 e. The van der Waals surface area contributed by atoms with Crippen LogP contribution in [-0.2, 0) is 9.53 Å². The van der Waals surface area contributed by atoms with Crippen LogP contribution in [0.15, 0.2) is 30.0 Å². The fourth-order valence-corrected chi connectivity index (χ4v) is 1.13. The number of nitrogens with two attached hydrogens (primary N) is 1. The highest BCUT2D eigenvalue weighted by Gasteiger charge is 2.05. The summed E-state index contributed by atoms with van der Waals surface area (Å²) < 4.78 is 4.64. The average molecular weight is 267 g/mol. The van der Waals surface area contributed by atoms with Crippen LogP contribution in [0.3, 0.4) is 0 Å². The Kier molecular flexibility index (Phi) is 8.91. The molecule has 1 rings (SSSR count). The second-order valence-corrected chi connectivity index (χ2v) is 3.75. The van der Waals surface area contributed by atoms with E-state index in [9.17, 15) is 4.79 Å². The molecule has 0 heterocycles. The van der Waals surface area contributed by atoms with Gasteiger partial charge in [-0.2, -0.15) is 0 Å². The molecule has 0 aliphatic heterocycles. The van der Waals surface area contributed by atoms with Crippen LogP contribution in [0.4, 0.5) is 0 Å². The van der Waals surface area contributed by atoms with Gasteiger partial charge in [0.05, 0.1) is 7.11 Å². The van der Waals surface area contributed by atoms with Crippen molar-refractivity contribution in [3.63, 3.8) is 0 Å². The second kappa shape index (κ2) is 9.96. The normalized spacial score (nSPS) is 10.4. The highest BCUT2D eigenvalue weighted by molar-refractivity contribution is 5.89. The Bertz CT molecular complexity index is 396. The summed E-state index contributed by atoms with van der Waals surface area (Å²) in [6.45, 7) is 2.98. The van der Waals surface area contributed by atoms with Crippen LogP contribution in [0.25, 0.3) is 6.08 Å². The van der Waals surface area contributed by atoms with E-state index in [1.54, 1.807) is 12.1 Å². The van der Waals surface area contributed by atoms with Crippen LogP contribution in [0.1, 0.15) is 25.3 Å². The fraction of sp³-hybridized carbons (Fsp3) is 0.357. The van der Waals surface area contributed by atoms with Gasteiger partial charge in [0, 0.05) is 0 Å². The minimum atomic E-state index is -1.12. The minimum Gasteiger partial charge on any atom is -0.508 e. The van der Waals surface area contributed by atoms with E-state index in [0.717, 1.165) is 6.54 Å². The van der Waals surface area contributed by atoms with Gasteiger partial charge in [0.25, 0.3) is 0 Å². The van der Waals surface area contributed by atoms with E-state index in [1.165, 1.54) is 38.2 Å². The van der Waals surface area contributed by atoms with E-state index in [1.807, 2.05) is 0 Å². The Hall–Kier alpha value is -2.01. The smallest absolute Gasteiger partial charge is 0.371 e. The molecule has 0 saturated carbocycles. The zero-order valence-corrected chi connectivity index (χ0v) is 11.3. The molecule has 4 N–H and O–H groups in total. The van der Waals surface area contributed by atoms with Crippen molar-refractivity contribution >= 4 is 12.0 Å². The van der Waals surface area contributed by atoms with Gasteiger partial charge in [-0.15, -0.1) is 0 Å². The molecule has 106 valence electrons. The number of phenols is 1. The highest BCUT2D eigenvalue weighted by Crippen LogP contribution is 2.12. The van der Waals surface area contributed by atoms with Crippen LogP contribution in [0.5, 0.6) is 5.75 Å². The van der Waals surface area contributed by atoms with Crippen molar-refractivity contribution in [3.05, 3.63) is 35.6 Å². The molecule has 0 amide bonds. The van der Waals surface area contributed by atoms with Crippen molar-refractivity contribution < 1.29 is 19.7 Å². The van der Waals surface area contributed by atoms with E-state index < -0.39 is 5.97 Å². The maximum Gasteiger partial charge on any atom is 0.371 e. The van der Waals surface area contributed by atoms with Crippen LogP contribution in [0, 0.1) is 0 Å². The molecule has 0 aliphatic rings. The van der Waals surface area contributed by atoms with Crippen molar-refractivity contribution in [3.8, 4) is 5.75 Å². The summed E-state index contributed by atoms with van der Waals surface area (Å²) in [5.74, 6) is -1.13. The van der Waals surface area contributed by atoms with Crippen molar-refractivity contribution in [1.82, 2.24) is 0 Å². The van der Waals surface area contributed by atoms with Crippen molar-refractivity contribution in [2.24, 2.45) is 5.73 Å². The third kappa shape index (κ3) is 7.83. The number of benzene rings is 1. The van der Waals surface area contributed by atoms with Crippen LogP contribution in [-0.4, -0.2) is 29.8 Å². The van der Waals surface area contributed by atoms with Gasteiger partial charge in [0.1, 0.15) is 5.75 Å². The summed E-state index contributed by atoms with van der Waals surface area (Å²) in [6.07, 6.45) is 3.76. The first-order valence-corrected chi connectivity index (χ1v) is 6.03. The molecule has 0 saturated heterocycles. The molecule has 0 aliphatic carbocycles. The average Bonchev–Trinajstić information content (AvgIpc) is 2.39. The maximum absolute atomic E-state index is 10.6. The number of carboxylic acids is 1. The molecule has 5 nitrogen and oxygen atoms in total. The number of methoxy groups -OCH3 is 1. The van der Waals surface area contributed by atoms with E-state index in [4.69, 9.17) is 15.9 Å². The Balaban J connectivity index is 0.000000555. The van der Waals surface area contributed by atoms with Gasteiger partial charge in [0.2, 0.25) is 5.76 Å². The first-order chi connectivity index (χ1) is 9.04. The molecule has 19 heavy (non-hydrogen) atoms. The lowest BCUT2D eigenvalue weighted by atomic mass is 10.2. The lowest BCUT2D eigenvalue weighted by Gasteiger charge is -2.00. The van der Waals surface area contributed by atoms with Crippen molar-refractivity contribution in [2.75, 3.05) is 13.7 Å². The number of hydrogen-bond acceptors (Lipinski definition) is 4. The Morgan fingerprint density at radius 2 is 1.95 bits per heavy atom. The molecule has 1 aromatic carbocycles. The number of unbranched alkanes of at least 4 members (excludes halogenated alkanes) is 1. The molecular formula is C14H21NO4. The second-order valence-electron chi connectivity index (χ2n) is 3.75. The Morgan fingerprint density at radius 3 is 2.26 bits per heavy atom. The first-order valence-electron chi connectivity index (χ1n) is 6.03. The molecule has 5 heteroatoms. The summed E-state index contributed by atoms with van der Waals surface area (Å²) in [5.41, 5.74) is 5.79. The monoisotopic (exact) mass is 267 g/mol. The summed E-state index contributed by atoms with van der Waals surface area (Å²) in [7, 11) is 1.29.